The maximum absolute atomic E-state index is 13.0. The van der Waals surface area contributed by atoms with E-state index in [-0.39, 0.29) is 23.8 Å². The molecule has 2 aromatic heterocycles. The summed E-state index contributed by atoms with van der Waals surface area (Å²) in [5.41, 5.74) is 1.91. The van der Waals surface area contributed by atoms with Crippen LogP contribution in [0.15, 0.2) is 82.2 Å². The number of H-pyrrole nitrogens is 1. The number of amides is 1. The van der Waals surface area contributed by atoms with E-state index in [0.717, 1.165) is 10.9 Å². The summed E-state index contributed by atoms with van der Waals surface area (Å²) >= 11 is 0. The minimum atomic E-state index is -0.270. The Morgan fingerprint density at radius 2 is 1.86 bits per heavy atom. The molecule has 0 unspecified atom stereocenters. The van der Waals surface area contributed by atoms with Gasteiger partial charge in [0.15, 0.2) is 5.76 Å². The van der Waals surface area contributed by atoms with E-state index in [0.29, 0.717) is 23.4 Å². The summed E-state index contributed by atoms with van der Waals surface area (Å²) in [5.74, 6) is 0.635. The van der Waals surface area contributed by atoms with Crippen LogP contribution in [0.5, 0.6) is 5.75 Å². The van der Waals surface area contributed by atoms with E-state index >= 15 is 0 Å². The number of rotatable bonds is 6. The number of carbonyl (C=O) groups is 1. The summed E-state index contributed by atoms with van der Waals surface area (Å²) in [6.45, 7) is 0.520. The van der Waals surface area contributed by atoms with Crippen molar-refractivity contribution in [3.05, 3.63) is 100 Å². The third-order valence-electron chi connectivity index (χ3n) is 4.73. The molecule has 6 nitrogen and oxygen atoms in total. The molecule has 29 heavy (non-hydrogen) atoms. The molecule has 2 heterocycles. The van der Waals surface area contributed by atoms with Gasteiger partial charge in [0.1, 0.15) is 5.75 Å². The zero-order valence-corrected chi connectivity index (χ0v) is 15.9. The lowest BCUT2D eigenvalue weighted by molar-refractivity contribution is 0.0697. The number of carbonyl (C=O) groups excluding carboxylic acids is 1. The van der Waals surface area contributed by atoms with Gasteiger partial charge in [0.2, 0.25) is 0 Å². The third kappa shape index (κ3) is 4.06. The zero-order chi connectivity index (χ0) is 20.2. The monoisotopic (exact) mass is 388 g/mol. The maximum Gasteiger partial charge on any atom is 0.290 e. The second-order valence-electron chi connectivity index (χ2n) is 6.70. The van der Waals surface area contributed by atoms with Crippen LogP contribution in [-0.4, -0.2) is 22.9 Å². The Morgan fingerprint density at radius 1 is 1.03 bits per heavy atom. The molecule has 0 atom stereocenters. The Hall–Kier alpha value is -3.80. The first kappa shape index (κ1) is 18.6. The molecule has 0 bridgehead atoms. The van der Waals surface area contributed by atoms with Gasteiger partial charge >= 0.3 is 0 Å². The molecule has 0 spiro atoms. The van der Waals surface area contributed by atoms with Crippen molar-refractivity contribution in [1.29, 1.82) is 0 Å². The molecule has 4 aromatic rings. The van der Waals surface area contributed by atoms with Crippen LogP contribution in [0, 0.1) is 0 Å². The summed E-state index contributed by atoms with van der Waals surface area (Å²) < 4.78 is 10.5. The van der Waals surface area contributed by atoms with Gasteiger partial charge in [-0.25, -0.2) is 0 Å². The molecule has 0 aliphatic rings. The first-order valence-corrected chi connectivity index (χ1v) is 9.21. The first-order chi connectivity index (χ1) is 14.1. The van der Waals surface area contributed by atoms with Gasteiger partial charge in [-0.2, -0.15) is 0 Å². The van der Waals surface area contributed by atoms with Crippen LogP contribution in [0.4, 0.5) is 0 Å². The number of benzene rings is 2. The molecule has 0 radical (unpaired) electrons. The Morgan fingerprint density at radius 3 is 2.59 bits per heavy atom. The average Bonchev–Trinajstić information content (AvgIpc) is 3.28. The van der Waals surface area contributed by atoms with Crippen LogP contribution >= 0.6 is 0 Å². The Kier molecular flexibility index (Phi) is 5.16. The number of nitrogens with one attached hydrogen (secondary N) is 1. The lowest BCUT2D eigenvalue weighted by atomic mass is 10.1. The van der Waals surface area contributed by atoms with Gasteiger partial charge in [-0.3, -0.25) is 9.59 Å². The fourth-order valence-corrected chi connectivity index (χ4v) is 3.23. The van der Waals surface area contributed by atoms with E-state index in [9.17, 15) is 9.59 Å². The number of nitrogens with zero attached hydrogens (tertiary/aromatic N) is 1. The van der Waals surface area contributed by atoms with Gasteiger partial charge in [-0.05, 0) is 41.3 Å². The van der Waals surface area contributed by atoms with E-state index in [1.807, 2.05) is 42.5 Å². The van der Waals surface area contributed by atoms with Crippen LogP contribution in [-0.2, 0) is 13.1 Å². The average molecular weight is 388 g/mol. The highest BCUT2D eigenvalue weighted by Crippen LogP contribution is 2.20. The highest BCUT2D eigenvalue weighted by Gasteiger charge is 2.20. The quantitative estimate of drug-likeness (QED) is 0.542. The van der Waals surface area contributed by atoms with Crippen molar-refractivity contribution in [2.24, 2.45) is 0 Å². The van der Waals surface area contributed by atoms with Crippen molar-refractivity contribution in [3.63, 3.8) is 0 Å². The van der Waals surface area contributed by atoms with Crippen LogP contribution in [0.25, 0.3) is 10.9 Å². The molecule has 4 rings (SSSR count). The number of furan rings is 1. The molecule has 0 fully saturated rings. The summed E-state index contributed by atoms with van der Waals surface area (Å²) in [6.07, 6.45) is 1.46. The van der Waals surface area contributed by atoms with Gasteiger partial charge in [-0.1, -0.05) is 30.3 Å². The number of aromatic amines is 1. The molecule has 2 aromatic carbocycles. The highest BCUT2D eigenvalue weighted by molar-refractivity contribution is 5.91. The normalized spacial score (nSPS) is 10.8. The SMILES string of the molecule is COc1ccc2cc(CN(Cc3ccccc3)C(=O)c3ccco3)c(=O)[nH]c2c1. The predicted molar refractivity (Wildman–Crippen MR) is 110 cm³/mol. The standard InChI is InChI=1S/C23H20N2O4/c1-28-19-10-9-17-12-18(22(26)24-20(17)13-19)15-25(14-16-6-3-2-4-7-16)23(27)21-8-5-11-29-21/h2-13H,14-15H2,1H3,(H,24,26). The maximum atomic E-state index is 13.0. The fourth-order valence-electron chi connectivity index (χ4n) is 3.23. The van der Waals surface area contributed by atoms with Crippen LogP contribution in [0.2, 0.25) is 0 Å². The molecule has 146 valence electrons. The van der Waals surface area contributed by atoms with Gasteiger partial charge < -0.3 is 19.0 Å². The second kappa shape index (κ2) is 8.06. The largest absolute Gasteiger partial charge is 0.497 e. The van der Waals surface area contributed by atoms with E-state index in [2.05, 4.69) is 4.98 Å². The Labute approximate surface area is 167 Å². The van der Waals surface area contributed by atoms with E-state index < -0.39 is 0 Å². The molecular formula is C23H20N2O4. The fraction of sp³-hybridized carbons (Fsp3) is 0.130. The summed E-state index contributed by atoms with van der Waals surface area (Å²) in [5, 5.41) is 0.866. The van der Waals surface area contributed by atoms with E-state index in [4.69, 9.17) is 9.15 Å². The predicted octanol–water partition coefficient (Wildman–Crippen LogP) is 3.97. The summed E-state index contributed by atoms with van der Waals surface area (Å²) in [7, 11) is 1.58. The van der Waals surface area contributed by atoms with Crippen molar-refractivity contribution in [3.8, 4) is 5.75 Å². The highest BCUT2D eigenvalue weighted by atomic mass is 16.5. The molecule has 1 N–H and O–H groups in total. The topological polar surface area (TPSA) is 75.5 Å². The van der Waals surface area contributed by atoms with Crippen LogP contribution in [0.1, 0.15) is 21.7 Å². The number of aromatic nitrogens is 1. The van der Waals surface area contributed by atoms with Gasteiger partial charge in [0.05, 0.1) is 25.4 Å². The van der Waals surface area contributed by atoms with Crippen molar-refractivity contribution < 1.29 is 13.9 Å². The number of hydrogen-bond donors (Lipinski definition) is 1. The number of methoxy groups -OCH3 is 1. The Balaban J connectivity index is 1.68. The van der Waals surface area contributed by atoms with E-state index in [1.165, 1.54) is 6.26 Å². The lowest BCUT2D eigenvalue weighted by Gasteiger charge is -2.22. The summed E-state index contributed by atoms with van der Waals surface area (Å²) in [4.78, 5) is 30.1. The molecule has 0 saturated heterocycles. The number of ether oxygens (including phenoxy) is 1. The number of pyridine rings is 1. The first-order valence-electron chi connectivity index (χ1n) is 9.21. The second-order valence-corrected chi connectivity index (χ2v) is 6.70. The molecule has 0 saturated carbocycles. The van der Waals surface area contributed by atoms with Crippen molar-refractivity contribution in [2.75, 3.05) is 7.11 Å². The van der Waals surface area contributed by atoms with Gasteiger partial charge in [-0.15, -0.1) is 0 Å². The lowest BCUT2D eigenvalue weighted by Crippen LogP contribution is -2.32. The molecular weight excluding hydrogens is 368 g/mol. The summed E-state index contributed by atoms with van der Waals surface area (Å²) in [6, 6.07) is 20.2. The van der Waals surface area contributed by atoms with Gasteiger partial charge in [0.25, 0.3) is 11.5 Å². The van der Waals surface area contributed by atoms with Crippen LogP contribution in [0.3, 0.4) is 0 Å². The van der Waals surface area contributed by atoms with Crippen molar-refractivity contribution in [1.82, 2.24) is 9.88 Å². The third-order valence-corrected chi connectivity index (χ3v) is 4.73. The van der Waals surface area contributed by atoms with Crippen molar-refractivity contribution in [2.45, 2.75) is 13.1 Å². The molecule has 6 heteroatoms. The minimum Gasteiger partial charge on any atom is -0.497 e. The van der Waals surface area contributed by atoms with Crippen molar-refractivity contribution >= 4 is 16.8 Å². The molecule has 0 aliphatic carbocycles. The zero-order valence-electron chi connectivity index (χ0n) is 15.9. The minimum absolute atomic E-state index is 0.158. The van der Waals surface area contributed by atoms with Gasteiger partial charge in [0, 0.05) is 18.2 Å². The Bertz CT molecular complexity index is 1180. The smallest absolute Gasteiger partial charge is 0.290 e. The molecule has 0 aliphatic heterocycles. The van der Waals surface area contributed by atoms with E-state index in [1.54, 1.807) is 36.3 Å². The number of hydrogen-bond acceptors (Lipinski definition) is 4. The number of fused-ring (bicyclic) bond motifs is 1. The molecule has 1 amide bonds. The van der Waals surface area contributed by atoms with Crippen LogP contribution < -0.4 is 10.3 Å².